The molecule has 0 fully saturated rings. The maximum Gasteiger partial charge on any atom is 0.237 e. The maximum absolute atomic E-state index is 13.0. The molecular weight excluding hydrogens is 349 g/mol. The van der Waals surface area contributed by atoms with Gasteiger partial charge >= 0.3 is 0 Å². The Labute approximate surface area is 130 Å². The van der Waals surface area contributed by atoms with Gasteiger partial charge in [-0.2, -0.15) is 5.10 Å². The third-order valence-electron chi connectivity index (χ3n) is 2.78. The Morgan fingerprint density at radius 2 is 2.05 bits per heavy atom. The third kappa shape index (κ3) is 2.81. The Kier molecular flexibility index (Phi) is 4.34. The van der Waals surface area contributed by atoms with Crippen molar-refractivity contribution in [1.82, 2.24) is 14.8 Å². The minimum Gasteiger partial charge on any atom is -0.443 e. The molecule has 108 valence electrons. The molecule has 2 aromatic heterocycles. The van der Waals surface area contributed by atoms with Crippen LogP contribution in [0, 0.1) is 13.8 Å². The van der Waals surface area contributed by atoms with Crippen LogP contribution in [0.25, 0.3) is 11.4 Å². The Morgan fingerprint density at radius 1 is 1.40 bits per heavy atom. The Bertz CT molecular complexity index is 658. The van der Waals surface area contributed by atoms with Crippen LogP contribution in [0.5, 0.6) is 5.88 Å². The number of pyridine rings is 1. The van der Waals surface area contributed by atoms with Crippen LogP contribution in [-0.4, -0.2) is 21.1 Å². The summed E-state index contributed by atoms with van der Waals surface area (Å²) in [6.07, 6.45) is -1.42. The molecule has 1 atom stereocenters. The summed E-state index contributed by atoms with van der Waals surface area (Å²) in [7, 11) is 1.68. The summed E-state index contributed by atoms with van der Waals surface area (Å²) >= 11 is 9.44. The zero-order valence-corrected chi connectivity index (χ0v) is 13.9. The molecule has 0 saturated carbocycles. The minimum atomic E-state index is -1.42. The van der Waals surface area contributed by atoms with Gasteiger partial charge in [-0.1, -0.05) is 11.6 Å². The van der Waals surface area contributed by atoms with Gasteiger partial charge in [0.15, 0.2) is 0 Å². The summed E-state index contributed by atoms with van der Waals surface area (Å²) < 4.78 is 20.2. The van der Waals surface area contributed by atoms with Crippen molar-refractivity contribution in [2.45, 2.75) is 27.1 Å². The molecule has 2 aromatic rings. The topological polar surface area (TPSA) is 39.9 Å². The zero-order valence-electron chi connectivity index (χ0n) is 11.5. The van der Waals surface area contributed by atoms with E-state index >= 15 is 0 Å². The molecule has 1 unspecified atom stereocenters. The van der Waals surface area contributed by atoms with Gasteiger partial charge in [0.1, 0.15) is 10.2 Å². The maximum atomic E-state index is 13.0. The summed E-state index contributed by atoms with van der Waals surface area (Å²) in [6.45, 7) is 5.03. The van der Waals surface area contributed by atoms with Crippen molar-refractivity contribution in [2.75, 3.05) is 0 Å². The lowest BCUT2D eigenvalue weighted by Gasteiger charge is -2.07. The number of hydrogen-bond donors (Lipinski definition) is 0. The first-order valence-corrected chi connectivity index (χ1v) is 7.15. The summed E-state index contributed by atoms with van der Waals surface area (Å²) in [5.41, 5.74) is 2.89. The summed E-state index contributed by atoms with van der Waals surface area (Å²) in [4.78, 5) is 4.45. The average Bonchev–Trinajstić information content (AvgIpc) is 2.61. The highest BCUT2D eigenvalue weighted by Crippen LogP contribution is 2.36. The van der Waals surface area contributed by atoms with Gasteiger partial charge in [-0.05, 0) is 41.4 Å². The number of hydrogen-bond acceptors (Lipinski definition) is 3. The molecule has 0 radical (unpaired) electrons. The van der Waals surface area contributed by atoms with E-state index < -0.39 is 6.36 Å². The van der Waals surface area contributed by atoms with Crippen molar-refractivity contribution in [2.24, 2.45) is 7.05 Å². The van der Waals surface area contributed by atoms with E-state index in [4.69, 9.17) is 16.3 Å². The highest BCUT2D eigenvalue weighted by molar-refractivity contribution is 9.10. The fourth-order valence-corrected chi connectivity index (χ4v) is 2.65. The van der Waals surface area contributed by atoms with Crippen LogP contribution < -0.4 is 4.74 Å². The monoisotopic (exact) mass is 361 g/mol. The molecule has 20 heavy (non-hydrogen) atoms. The summed E-state index contributed by atoms with van der Waals surface area (Å²) in [5, 5.41) is 4.94. The van der Waals surface area contributed by atoms with E-state index in [0.29, 0.717) is 32.5 Å². The molecule has 2 rings (SSSR count). The van der Waals surface area contributed by atoms with Crippen LogP contribution in [0.4, 0.5) is 4.39 Å². The van der Waals surface area contributed by atoms with E-state index in [1.807, 2.05) is 19.9 Å². The predicted molar refractivity (Wildman–Crippen MR) is 79.8 cm³/mol. The lowest BCUT2D eigenvalue weighted by Crippen LogP contribution is -2.07. The molecule has 0 aliphatic rings. The largest absolute Gasteiger partial charge is 0.443 e. The van der Waals surface area contributed by atoms with Gasteiger partial charge in [0, 0.05) is 14.0 Å². The number of aromatic nitrogens is 3. The van der Waals surface area contributed by atoms with Gasteiger partial charge in [0.25, 0.3) is 0 Å². The highest BCUT2D eigenvalue weighted by atomic mass is 79.9. The van der Waals surface area contributed by atoms with Crippen LogP contribution in [-0.2, 0) is 7.05 Å². The Morgan fingerprint density at radius 3 is 2.65 bits per heavy atom. The van der Waals surface area contributed by atoms with E-state index in [0.717, 1.165) is 5.56 Å². The molecule has 0 amide bonds. The second kappa shape index (κ2) is 5.69. The number of aryl methyl sites for hydroxylation is 3. The molecule has 4 nitrogen and oxygen atoms in total. The number of halogens is 3. The first-order valence-electron chi connectivity index (χ1n) is 5.98. The van der Waals surface area contributed by atoms with Gasteiger partial charge in [-0.15, -0.1) is 0 Å². The van der Waals surface area contributed by atoms with Crippen LogP contribution in [0.1, 0.15) is 18.2 Å². The lowest BCUT2D eigenvalue weighted by atomic mass is 10.1. The van der Waals surface area contributed by atoms with Crippen molar-refractivity contribution >= 4 is 27.5 Å². The Hall–Kier alpha value is -1.14. The van der Waals surface area contributed by atoms with E-state index in [-0.39, 0.29) is 0 Å². The number of rotatable bonds is 3. The van der Waals surface area contributed by atoms with Gasteiger partial charge in [-0.25, -0.2) is 14.1 Å². The molecule has 2 heterocycles. The molecule has 0 saturated heterocycles. The summed E-state index contributed by atoms with van der Waals surface area (Å²) in [5.74, 6) is 0.323. The van der Waals surface area contributed by atoms with Crippen molar-refractivity contribution in [1.29, 1.82) is 0 Å². The van der Waals surface area contributed by atoms with E-state index in [9.17, 15) is 4.39 Å². The molecular formula is C13H14BrClFN3O. The smallest absolute Gasteiger partial charge is 0.237 e. The van der Waals surface area contributed by atoms with Crippen molar-refractivity contribution in [3.05, 3.63) is 26.8 Å². The number of ether oxygens (including phenoxy) is 1. The minimum absolute atomic E-state index is 0.323. The van der Waals surface area contributed by atoms with Gasteiger partial charge in [0.05, 0.1) is 16.4 Å². The second-order valence-corrected chi connectivity index (χ2v) is 5.67. The van der Waals surface area contributed by atoms with E-state index in [1.165, 1.54) is 11.6 Å². The van der Waals surface area contributed by atoms with Crippen LogP contribution >= 0.6 is 27.5 Å². The van der Waals surface area contributed by atoms with E-state index in [1.54, 1.807) is 7.05 Å². The van der Waals surface area contributed by atoms with Crippen molar-refractivity contribution in [3.8, 4) is 17.3 Å². The quantitative estimate of drug-likeness (QED) is 0.821. The number of nitrogens with zero attached hydrogens (tertiary/aromatic N) is 3. The zero-order chi connectivity index (χ0) is 15.0. The van der Waals surface area contributed by atoms with Gasteiger partial charge < -0.3 is 4.74 Å². The average molecular weight is 363 g/mol. The summed E-state index contributed by atoms with van der Waals surface area (Å²) in [6, 6.07) is 1.83. The van der Waals surface area contributed by atoms with Crippen LogP contribution in [0.2, 0.25) is 5.02 Å². The molecule has 0 bridgehead atoms. The molecule has 0 aromatic carbocycles. The Balaban J connectivity index is 2.57. The van der Waals surface area contributed by atoms with Gasteiger partial charge in [-0.3, -0.25) is 0 Å². The highest BCUT2D eigenvalue weighted by Gasteiger charge is 2.21. The molecule has 0 spiro atoms. The second-order valence-electron chi connectivity index (χ2n) is 4.47. The molecule has 0 aliphatic heterocycles. The first kappa shape index (κ1) is 15.3. The van der Waals surface area contributed by atoms with E-state index in [2.05, 4.69) is 26.0 Å². The van der Waals surface area contributed by atoms with Crippen LogP contribution in [0.15, 0.2) is 10.5 Å². The van der Waals surface area contributed by atoms with Gasteiger partial charge in [0.2, 0.25) is 12.2 Å². The first-order chi connectivity index (χ1) is 9.31. The number of alkyl halides is 1. The molecule has 0 aliphatic carbocycles. The molecule has 0 N–H and O–H groups in total. The van der Waals surface area contributed by atoms with Crippen LogP contribution in [0.3, 0.4) is 0 Å². The fourth-order valence-electron chi connectivity index (χ4n) is 1.83. The van der Waals surface area contributed by atoms with Crippen molar-refractivity contribution in [3.63, 3.8) is 0 Å². The SMILES string of the molecule is Cc1cc(Cl)c(C)nc1-c1nn(C)c(OC(C)F)c1Br. The fraction of sp³-hybridized carbons (Fsp3) is 0.385. The van der Waals surface area contributed by atoms with Crippen molar-refractivity contribution < 1.29 is 9.13 Å². The standard InChI is InChI=1S/C13H14BrClFN3O/c1-6-5-9(15)7(2)17-11(6)12-10(14)13(19(4)18-12)20-8(3)16/h5,8H,1-4H3. The normalized spacial score (nSPS) is 12.6. The molecule has 7 heteroatoms. The predicted octanol–water partition coefficient (Wildman–Crippen LogP) is 4.21. The third-order valence-corrected chi connectivity index (χ3v) is 3.88. The lowest BCUT2D eigenvalue weighted by molar-refractivity contribution is 0.0754.